The second-order valence-electron chi connectivity index (χ2n) is 5.41. The van der Waals surface area contributed by atoms with E-state index in [1.165, 1.54) is 27.5 Å². The molecule has 0 saturated carbocycles. The molecule has 0 aromatic heterocycles. The number of rotatable bonds is 8. The lowest BCUT2D eigenvalue weighted by molar-refractivity contribution is -0.127. The Labute approximate surface area is 162 Å². The monoisotopic (exact) mass is 392 g/mol. The van der Waals surface area contributed by atoms with Crippen molar-refractivity contribution in [2.45, 2.75) is 13.0 Å². The lowest BCUT2D eigenvalue weighted by atomic mass is 10.2. The number of methoxy groups -OCH3 is 3. The highest BCUT2D eigenvalue weighted by Crippen LogP contribution is 2.37. The first-order valence-electron chi connectivity index (χ1n) is 8.03. The standard InChI is InChI=1S/C19H21ClN2O5/c1-12(27-15-7-5-14(20)6-8-15)19(23)22-21-11-13-9-16(24-2)18(26-4)17(10-13)25-3/h5-12H,1-4H3,(H,22,23)/t12-/m0/s1. The van der Waals surface area contributed by atoms with Crippen LogP contribution in [0.1, 0.15) is 12.5 Å². The summed E-state index contributed by atoms with van der Waals surface area (Å²) in [6.45, 7) is 1.62. The highest BCUT2D eigenvalue weighted by molar-refractivity contribution is 6.30. The molecule has 144 valence electrons. The number of amides is 1. The van der Waals surface area contributed by atoms with Gasteiger partial charge in [-0.3, -0.25) is 4.79 Å². The third-order valence-corrected chi connectivity index (χ3v) is 3.82. The van der Waals surface area contributed by atoms with Crippen LogP contribution in [0.2, 0.25) is 5.02 Å². The van der Waals surface area contributed by atoms with Gasteiger partial charge in [-0.1, -0.05) is 11.6 Å². The number of hydrogen-bond donors (Lipinski definition) is 1. The van der Waals surface area contributed by atoms with E-state index in [0.29, 0.717) is 33.6 Å². The molecule has 0 unspecified atom stereocenters. The topological polar surface area (TPSA) is 78.4 Å². The van der Waals surface area contributed by atoms with E-state index in [1.54, 1.807) is 43.3 Å². The third kappa shape index (κ3) is 5.52. The molecule has 0 fully saturated rings. The van der Waals surface area contributed by atoms with Gasteiger partial charge in [0.25, 0.3) is 5.91 Å². The van der Waals surface area contributed by atoms with E-state index in [0.717, 1.165) is 0 Å². The average molecular weight is 393 g/mol. The summed E-state index contributed by atoms with van der Waals surface area (Å²) in [6, 6.07) is 10.2. The van der Waals surface area contributed by atoms with Gasteiger partial charge >= 0.3 is 0 Å². The molecule has 1 N–H and O–H groups in total. The van der Waals surface area contributed by atoms with Crippen LogP contribution in [-0.4, -0.2) is 39.6 Å². The van der Waals surface area contributed by atoms with Gasteiger partial charge in [0.1, 0.15) is 5.75 Å². The highest BCUT2D eigenvalue weighted by Gasteiger charge is 2.15. The molecule has 0 spiro atoms. The summed E-state index contributed by atoms with van der Waals surface area (Å²) in [6.07, 6.45) is 0.737. The van der Waals surface area contributed by atoms with Crippen LogP contribution in [0, 0.1) is 0 Å². The first-order chi connectivity index (χ1) is 13.0. The number of nitrogens with zero attached hydrogens (tertiary/aromatic N) is 1. The van der Waals surface area contributed by atoms with Gasteiger partial charge in [-0.2, -0.15) is 5.10 Å². The fraction of sp³-hybridized carbons (Fsp3) is 0.263. The summed E-state index contributed by atoms with van der Waals surface area (Å²) < 4.78 is 21.4. The number of ether oxygens (including phenoxy) is 4. The minimum absolute atomic E-state index is 0.395. The maximum absolute atomic E-state index is 12.1. The van der Waals surface area contributed by atoms with Crippen molar-refractivity contribution in [2.75, 3.05) is 21.3 Å². The maximum Gasteiger partial charge on any atom is 0.280 e. The second-order valence-corrected chi connectivity index (χ2v) is 5.84. The lowest BCUT2D eigenvalue weighted by Crippen LogP contribution is -2.33. The molecule has 0 saturated heterocycles. The van der Waals surface area contributed by atoms with Gasteiger partial charge in [0.15, 0.2) is 17.6 Å². The molecule has 1 atom stereocenters. The van der Waals surface area contributed by atoms with Gasteiger partial charge in [0.05, 0.1) is 27.5 Å². The van der Waals surface area contributed by atoms with Gasteiger partial charge in [-0.25, -0.2) is 5.43 Å². The van der Waals surface area contributed by atoms with Crippen molar-refractivity contribution in [2.24, 2.45) is 5.10 Å². The number of halogens is 1. The van der Waals surface area contributed by atoms with E-state index in [-0.39, 0.29) is 0 Å². The van der Waals surface area contributed by atoms with E-state index >= 15 is 0 Å². The van der Waals surface area contributed by atoms with Crippen molar-refractivity contribution in [3.05, 3.63) is 47.0 Å². The largest absolute Gasteiger partial charge is 0.493 e. The van der Waals surface area contributed by atoms with Crippen molar-refractivity contribution in [1.82, 2.24) is 5.43 Å². The van der Waals surface area contributed by atoms with E-state index in [1.807, 2.05) is 0 Å². The summed E-state index contributed by atoms with van der Waals surface area (Å²) >= 11 is 5.82. The zero-order valence-electron chi connectivity index (χ0n) is 15.5. The molecule has 7 nitrogen and oxygen atoms in total. The van der Waals surface area contributed by atoms with Crippen LogP contribution in [0.5, 0.6) is 23.0 Å². The minimum atomic E-state index is -0.733. The lowest BCUT2D eigenvalue weighted by Gasteiger charge is -2.13. The second kappa shape index (κ2) is 9.68. The van der Waals surface area contributed by atoms with E-state index in [9.17, 15) is 4.79 Å². The summed E-state index contributed by atoms with van der Waals surface area (Å²) in [5.41, 5.74) is 3.10. The molecule has 0 bridgehead atoms. The molecule has 2 aromatic rings. The van der Waals surface area contributed by atoms with Gasteiger partial charge in [-0.05, 0) is 43.3 Å². The molecular weight excluding hydrogens is 372 g/mol. The van der Waals surface area contributed by atoms with Gasteiger partial charge in [0, 0.05) is 10.6 Å². The predicted molar refractivity (Wildman–Crippen MR) is 103 cm³/mol. The highest BCUT2D eigenvalue weighted by atomic mass is 35.5. The van der Waals surface area contributed by atoms with Crippen LogP contribution in [-0.2, 0) is 4.79 Å². The SMILES string of the molecule is COc1cc(C=NNC(=O)[C@H](C)Oc2ccc(Cl)cc2)cc(OC)c1OC. The van der Waals surface area contributed by atoms with Crippen LogP contribution in [0.4, 0.5) is 0 Å². The van der Waals surface area contributed by atoms with Crippen molar-refractivity contribution >= 4 is 23.7 Å². The predicted octanol–water partition coefficient (Wildman–Crippen LogP) is 3.28. The Morgan fingerprint density at radius 2 is 1.67 bits per heavy atom. The van der Waals surface area contributed by atoms with Gasteiger partial charge in [-0.15, -0.1) is 0 Å². The van der Waals surface area contributed by atoms with Crippen molar-refractivity contribution < 1.29 is 23.7 Å². The smallest absolute Gasteiger partial charge is 0.280 e. The minimum Gasteiger partial charge on any atom is -0.493 e. The molecule has 0 aliphatic carbocycles. The molecule has 2 rings (SSSR count). The van der Waals surface area contributed by atoms with Crippen LogP contribution in [0.15, 0.2) is 41.5 Å². The fourth-order valence-corrected chi connectivity index (χ4v) is 2.33. The first kappa shape index (κ1) is 20.4. The van der Waals surface area contributed by atoms with Gasteiger partial charge in [0.2, 0.25) is 5.75 Å². The Hall–Kier alpha value is -2.93. The van der Waals surface area contributed by atoms with Crippen LogP contribution in [0.25, 0.3) is 0 Å². The Balaban J connectivity index is 2.01. The zero-order valence-corrected chi connectivity index (χ0v) is 16.2. The molecule has 0 aliphatic heterocycles. The molecular formula is C19H21ClN2O5. The maximum atomic E-state index is 12.1. The number of nitrogens with one attached hydrogen (secondary N) is 1. The molecule has 0 heterocycles. The van der Waals surface area contributed by atoms with Crippen molar-refractivity contribution in [3.8, 4) is 23.0 Å². The Morgan fingerprint density at radius 3 is 2.19 bits per heavy atom. The number of carbonyl (C=O) groups is 1. The fourth-order valence-electron chi connectivity index (χ4n) is 2.21. The van der Waals surface area contributed by atoms with Crippen LogP contribution in [0.3, 0.4) is 0 Å². The van der Waals surface area contributed by atoms with Gasteiger partial charge < -0.3 is 18.9 Å². The van der Waals surface area contributed by atoms with E-state index < -0.39 is 12.0 Å². The molecule has 8 heteroatoms. The normalized spacial score (nSPS) is 11.7. The Morgan fingerprint density at radius 1 is 1.07 bits per heavy atom. The Bertz CT molecular complexity index is 783. The third-order valence-electron chi connectivity index (χ3n) is 3.57. The average Bonchev–Trinajstić information content (AvgIpc) is 2.68. The molecule has 0 aliphatic rings. The van der Waals surface area contributed by atoms with Crippen molar-refractivity contribution in [1.29, 1.82) is 0 Å². The first-order valence-corrected chi connectivity index (χ1v) is 8.41. The quantitative estimate of drug-likeness (QED) is 0.551. The molecule has 1 amide bonds. The number of hydrazone groups is 1. The van der Waals surface area contributed by atoms with E-state index in [2.05, 4.69) is 10.5 Å². The molecule has 0 radical (unpaired) electrons. The number of hydrogen-bond acceptors (Lipinski definition) is 6. The summed E-state index contributed by atoms with van der Waals surface area (Å²) in [4.78, 5) is 12.1. The zero-order chi connectivity index (χ0) is 19.8. The summed E-state index contributed by atoms with van der Waals surface area (Å²) in [5.74, 6) is 1.60. The van der Waals surface area contributed by atoms with Crippen LogP contribution >= 0.6 is 11.6 Å². The summed E-state index contributed by atoms with van der Waals surface area (Å²) in [7, 11) is 4.57. The summed E-state index contributed by atoms with van der Waals surface area (Å²) in [5, 5.41) is 4.54. The number of benzene rings is 2. The van der Waals surface area contributed by atoms with E-state index in [4.69, 9.17) is 30.5 Å². The molecule has 2 aromatic carbocycles. The number of carbonyl (C=O) groups excluding carboxylic acids is 1. The Kier molecular flexibility index (Phi) is 7.31. The van der Waals surface area contributed by atoms with Crippen LogP contribution < -0.4 is 24.4 Å². The molecule has 27 heavy (non-hydrogen) atoms. The van der Waals surface area contributed by atoms with Crippen molar-refractivity contribution in [3.63, 3.8) is 0 Å².